The van der Waals surface area contributed by atoms with E-state index in [1.165, 1.54) is 0 Å². The Bertz CT molecular complexity index is 1510. The standard InChI is InChI=1S/C27H22N6O/c1-19-15-17-21(18-16-19)27(34,20-9-3-2-4-10-20)26(32-24-13-7-5-11-22(24)28-30-32)33-25-14-8-6-12-23(25)29-31-33/h2-18,26,34H,1H3. The van der Waals surface area contributed by atoms with Crippen LogP contribution < -0.4 is 0 Å². The number of para-hydroxylation sites is 2. The summed E-state index contributed by atoms with van der Waals surface area (Å²) in [4.78, 5) is 0. The third-order valence-electron chi connectivity index (χ3n) is 6.30. The van der Waals surface area contributed by atoms with Gasteiger partial charge in [0, 0.05) is 0 Å². The van der Waals surface area contributed by atoms with E-state index in [2.05, 4.69) is 20.6 Å². The number of fused-ring (bicyclic) bond motifs is 2. The summed E-state index contributed by atoms with van der Waals surface area (Å²) >= 11 is 0. The molecule has 6 rings (SSSR count). The molecule has 0 saturated carbocycles. The van der Waals surface area contributed by atoms with Crippen molar-refractivity contribution < 1.29 is 5.11 Å². The molecular formula is C27H22N6O. The molecule has 0 aliphatic heterocycles. The van der Waals surface area contributed by atoms with Crippen molar-refractivity contribution in [2.75, 3.05) is 0 Å². The molecule has 0 bridgehead atoms. The van der Waals surface area contributed by atoms with E-state index >= 15 is 0 Å². The predicted molar refractivity (Wildman–Crippen MR) is 130 cm³/mol. The van der Waals surface area contributed by atoms with E-state index in [0.29, 0.717) is 11.1 Å². The van der Waals surface area contributed by atoms with E-state index < -0.39 is 11.8 Å². The minimum atomic E-state index is -1.54. The fourth-order valence-electron chi connectivity index (χ4n) is 4.56. The van der Waals surface area contributed by atoms with Gasteiger partial charge < -0.3 is 5.11 Å². The lowest BCUT2D eigenvalue weighted by Gasteiger charge is -2.37. The molecule has 0 aliphatic carbocycles. The van der Waals surface area contributed by atoms with Crippen LogP contribution in [0.3, 0.4) is 0 Å². The first-order valence-corrected chi connectivity index (χ1v) is 11.1. The molecule has 4 aromatic carbocycles. The van der Waals surface area contributed by atoms with Gasteiger partial charge in [-0.05, 0) is 42.3 Å². The second kappa shape index (κ2) is 7.90. The van der Waals surface area contributed by atoms with Gasteiger partial charge in [0.25, 0.3) is 0 Å². The van der Waals surface area contributed by atoms with Crippen LogP contribution in [0.2, 0.25) is 0 Å². The molecule has 0 saturated heterocycles. The third kappa shape index (κ3) is 3.09. The first-order valence-electron chi connectivity index (χ1n) is 11.1. The van der Waals surface area contributed by atoms with Gasteiger partial charge in [0.15, 0.2) is 11.8 Å². The van der Waals surface area contributed by atoms with Crippen molar-refractivity contribution in [1.29, 1.82) is 0 Å². The highest BCUT2D eigenvalue weighted by Gasteiger charge is 2.45. The summed E-state index contributed by atoms with van der Waals surface area (Å²) in [5.74, 6) is 0. The second-order valence-electron chi connectivity index (χ2n) is 8.42. The SMILES string of the molecule is Cc1ccc(C(O)(c2ccccc2)C(n2nnc3ccccc32)n2nnc3ccccc32)cc1. The Balaban J connectivity index is 1.72. The molecule has 2 aromatic heterocycles. The molecule has 0 amide bonds. The average Bonchev–Trinajstić information content (AvgIpc) is 3.50. The summed E-state index contributed by atoms with van der Waals surface area (Å²) in [5.41, 5.74) is 4.03. The number of hydrogen-bond acceptors (Lipinski definition) is 5. The van der Waals surface area contributed by atoms with Gasteiger partial charge in [-0.15, -0.1) is 10.2 Å². The molecule has 0 aliphatic rings. The Morgan fingerprint density at radius 3 is 1.65 bits per heavy atom. The molecule has 0 fully saturated rings. The number of nitrogens with zero attached hydrogens (tertiary/aromatic N) is 6. The maximum atomic E-state index is 12.8. The van der Waals surface area contributed by atoms with Crippen molar-refractivity contribution in [2.45, 2.75) is 18.7 Å². The largest absolute Gasteiger partial charge is 0.376 e. The van der Waals surface area contributed by atoms with Crippen LogP contribution in [0.15, 0.2) is 103 Å². The smallest absolute Gasteiger partial charge is 0.185 e. The van der Waals surface area contributed by atoms with Crippen molar-refractivity contribution in [3.8, 4) is 0 Å². The summed E-state index contributed by atoms with van der Waals surface area (Å²) in [7, 11) is 0. The van der Waals surface area contributed by atoms with E-state index in [1.807, 2.05) is 110 Å². The van der Waals surface area contributed by atoms with Gasteiger partial charge in [-0.25, -0.2) is 9.36 Å². The molecule has 166 valence electrons. The van der Waals surface area contributed by atoms with Gasteiger partial charge in [-0.3, -0.25) is 0 Å². The molecule has 1 unspecified atom stereocenters. The van der Waals surface area contributed by atoms with E-state index in [9.17, 15) is 5.11 Å². The molecule has 0 radical (unpaired) electrons. The number of aromatic nitrogens is 6. The van der Waals surface area contributed by atoms with E-state index in [1.54, 1.807) is 9.36 Å². The van der Waals surface area contributed by atoms with Crippen molar-refractivity contribution in [3.63, 3.8) is 0 Å². The zero-order valence-corrected chi connectivity index (χ0v) is 18.5. The van der Waals surface area contributed by atoms with E-state index in [0.717, 1.165) is 27.6 Å². The summed E-state index contributed by atoms with van der Waals surface area (Å²) < 4.78 is 3.48. The van der Waals surface area contributed by atoms with Crippen LogP contribution in [-0.2, 0) is 5.60 Å². The summed E-state index contributed by atoms with van der Waals surface area (Å²) in [6.07, 6.45) is -0.808. The highest BCUT2D eigenvalue weighted by molar-refractivity contribution is 5.76. The fourth-order valence-corrected chi connectivity index (χ4v) is 4.56. The Labute approximate surface area is 195 Å². The van der Waals surface area contributed by atoms with Gasteiger partial charge in [0.05, 0.1) is 11.0 Å². The first kappa shape index (κ1) is 20.3. The number of benzene rings is 4. The normalized spacial score (nSPS) is 13.5. The highest BCUT2D eigenvalue weighted by Crippen LogP contribution is 2.42. The zero-order chi connectivity index (χ0) is 23.1. The van der Waals surface area contributed by atoms with Gasteiger partial charge in [-0.2, -0.15) is 0 Å². The lowest BCUT2D eigenvalue weighted by molar-refractivity contribution is 0.000567. The molecular weight excluding hydrogens is 424 g/mol. The maximum Gasteiger partial charge on any atom is 0.185 e. The summed E-state index contributed by atoms with van der Waals surface area (Å²) in [5, 5.41) is 30.6. The van der Waals surface area contributed by atoms with E-state index in [-0.39, 0.29) is 0 Å². The zero-order valence-electron chi connectivity index (χ0n) is 18.5. The van der Waals surface area contributed by atoms with Crippen LogP contribution >= 0.6 is 0 Å². The van der Waals surface area contributed by atoms with Crippen LogP contribution in [0.4, 0.5) is 0 Å². The molecule has 34 heavy (non-hydrogen) atoms. The van der Waals surface area contributed by atoms with Crippen LogP contribution in [0.5, 0.6) is 0 Å². The Kier molecular flexibility index (Phi) is 4.71. The topological polar surface area (TPSA) is 81.6 Å². The quantitative estimate of drug-likeness (QED) is 0.423. The van der Waals surface area contributed by atoms with Crippen LogP contribution in [0.25, 0.3) is 22.1 Å². The predicted octanol–water partition coefficient (Wildman–Crippen LogP) is 4.47. The maximum absolute atomic E-state index is 12.8. The average molecular weight is 447 g/mol. The molecule has 1 N–H and O–H groups in total. The van der Waals surface area contributed by atoms with Crippen LogP contribution in [-0.4, -0.2) is 35.1 Å². The number of aliphatic hydroxyl groups is 1. The van der Waals surface area contributed by atoms with Crippen molar-refractivity contribution in [3.05, 3.63) is 120 Å². The number of rotatable bonds is 5. The van der Waals surface area contributed by atoms with E-state index in [4.69, 9.17) is 0 Å². The third-order valence-corrected chi connectivity index (χ3v) is 6.30. The molecule has 7 nitrogen and oxygen atoms in total. The highest BCUT2D eigenvalue weighted by atomic mass is 16.3. The number of aryl methyl sites for hydroxylation is 1. The Hall–Kier alpha value is -4.36. The van der Waals surface area contributed by atoms with Gasteiger partial charge in [0.1, 0.15) is 11.0 Å². The summed E-state index contributed by atoms with van der Waals surface area (Å²) in [6, 6.07) is 32.9. The minimum absolute atomic E-state index is 0.711. The van der Waals surface area contributed by atoms with Crippen molar-refractivity contribution in [1.82, 2.24) is 30.0 Å². The number of hydrogen-bond donors (Lipinski definition) is 1. The Morgan fingerprint density at radius 1 is 0.618 bits per heavy atom. The van der Waals surface area contributed by atoms with Gasteiger partial charge in [-0.1, -0.05) is 94.9 Å². The first-order chi connectivity index (χ1) is 16.7. The van der Waals surface area contributed by atoms with Crippen molar-refractivity contribution >= 4 is 22.1 Å². The lowest BCUT2D eigenvalue weighted by Crippen LogP contribution is -2.43. The monoisotopic (exact) mass is 446 g/mol. The van der Waals surface area contributed by atoms with Gasteiger partial charge >= 0.3 is 0 Å². The summed E-state index contributed by atoms with van der Waals surface area (Å²) in [6.45, 7) is 2.03. The second-order valence-corrected chi connectivity index (χ2v) is 8.42. The molecule has 7 heteroatoms. The van der Waals surface area contributed by atoms with Crippen molar-refractivity contribution in [2.24, 2.45) is 0 Å². The molecule has 2 heterocycles. The fraction of sp³-hybridized carbons (Fsp3) is 0.111. The van der Waals surface area contributed by atoms with Crippen LogP contribution in [0, 0.1) is 6.92 Å². The Morgan fingerprint density at radius 2 is 1.09 bits per heavy atom. The lowest BCUT2D eigenvalue weighted by atomic mass is 9.83. The molecule has 6 aromatic rings. The minimum Gasteiger partial charge on any atom is -0.376 e. The molecule has 1 atom stereocenters. The van der Waals surface area contributed by atoms with Gasteiger partial charge in [0.2, 0.25) is 0 Å². The van der Waals surface area contributed by atoms with Crippen LogP contribution in [0.1, 0.15) is 22.9 Å². The molecule has 0 spiro atoms.